The molecular weight excluding hydrogens is 372 g/mol. The lowest BCUT2D eigenvalue weighted by molar-refractivity contribution is -0.359. The molecule has 0 saturated heterocycles. The van der Waals surface area contributed by atoms with E-state index < -0.39 is 0 Å². The second kappa shape index (κ2) is 8.98. The predicted molar refractivity (Wildman–Crippen MR) is 108 cm³/mol. The minimum Gasteiger partial charge on any atom is -0.379 e. The van der Waals surface area contributed by atoms with Gasteiger partial charge in [0.15, 0.2) is 6.61 Å². The van der Waals surface area contributed by atoms with Gasteiger partial charge in [-0.15, -0.1) is 5.48 Å². The van der Waals surface area contributed by atoms with Crippen LogP contribution < -0.4 is 21.5 Å². The van der Waals surface area contributed by atoms with Gasteiger partial charge in [0.25, 0.3) is 5.91 Å². The Kier molecular flexibility index (Phi) is 6.20. The van der Waals surface area contributed by atoms with Gasteiger partial charge in [-0.2, -0.15) is 4.84 Å². The highest BCUT2D eigenvalue weighted by atomic mass is 16.6. The number of nitrogens with one attached hydrogen (secondary N) is 3. The number of anilines is 2. The summed E-state index contributed by atoms with van der Waals surface area (Å²) in [5.41, 5.74) is 13.3. The number of hydrogen-bond donors (Lipinski definition) is 4. The Labute approximate surface area is 167 Å². The molecule has 5 N–H and O–H groups in total. The summed E-state index contributed by atoms with van der Waals surface area (Å²) in [4.78, 5) is 20.7. The van der Waals surface area contributed by atoms with Crippen molar-refractivity contribution in [1.29, 1.82) is 0 Å². The maximum absolute atomic E-state index is 12.3. The molecule has 0 bridgehead atoms. The van der Waals surface area contributed by atoms with Gasteiger partial charge in [0.2, 0.25) is 11.5 Å². The Balaban J connectivity index is 1.68. The number of benzene rings is 2. The van der Waals surface area contributed by atoms with Gasteiger partial charge in [-0.3, -0.25) is 4.79 Å². The molecule has 0 saturated carbocycles. The smallest absolute Gasteiger partial charge is 0.336 e. The van der Waals surface area contributed by atoms with Crippen LogP contribution >= 0.6 is 0 Å². The summed E-state index contributed by atoms with van der Waals surface area (Å²) in [6.07, 6.45) is 0. The van der Waals surface area contributed by atoms with Crippen molar-refractivity contribution in [3.63, 3.8) is 0 Å². The second-order valence-corrected chi connectivity index (χ2v) is 6.57. The third-order valence-corrected chi connectivity index (χ3v) is 4.19. The first-order valence-electron chi connectivity index (χ1n) is 8.97. The van der Waals surface area contributed by atoms with E-state index in [1.165, 1.54) is 0 Å². The van der Waals surface area contributed by atoms with Crippen LogP contribution in [0.4, 0.5) is 17.2 Å². The van der Waals surface area contributed by atoms with E-state index in [4.69, 9.17) is 10.6 Å². The van der Waals surface area contributed by atoms with Crippen LogP contribution in [0.3, 0.4) is 0 Å². The fraction of sp³-hybridized carbons (Fsp3) is 0.200. The van der Waals surface area contributed by atoms with Crippen LogP contribution in [-0.4, -0.2) is 28.7 Å². The van der Waals surface area contributed by atoms with Gasteiger partial charge >= 0.3 is 5.84 Å². The fourth-order valence-corrected chi connectivity index (χ4v) is 2.64. The number of rotatable bonds is 6. The van der Waals surface area contributed by atoms with E-state index in [2.05, 4.69) is 30.7 Å². The SMILES string of the molecule is Cc1ccc([NH+]=C(NOCC(=O)Nc2c(C)cccc2C)c2nonc2N)cc1. The quantitative estimate of drug-likeness (QED) is 0.277. The van der Waals surface area contributed by atoms with Crippen molar-refractivity contribution in [2.45, 2.75) is 20.8 Å². The van der Waals surface area contributed by atoms with Crippen molar-refractivity contribution < 1.29 is 19.3 Å². The molecule has 3 rings (SSSR count). The zero-order valence-corrected chi connectivity index (χ0v) is 16.4. The third kappa shape index (κ3) is 5.17. The number of hydroxylamine groups is 1. The van der Waals surface area contributed by atoms with E-state index in [1.54, 1.807) is 0 Å². The summed E-state index contributed by atoms with van der Waals surface area (Å²) in [6.45, 7) is 5.61. The highest BCUT2D eigenvalue weighted by Gasteiger charge is 2.22. The number of para-hydroxylation sites is 1. The number of aromatic nitrogens is 2. The minimum atomic E-state index is -0.309. The zero-order valence-electron chi connectivity index (χ0n) is 16.4. The van der Waals surface area contributed by atoms with E-state index in [-0.39, 0.29) is 24.0 Å². The predicted octanol–water partition coefficient (Wildman–Crippen LogP) is 0.896. The number of nitrogens with zero attached hydrogens (tertiary/aromatic N) is 2. The van der Waals surface area contributed by atoms with Crippen LogP contribution in [0.1, 0.15) is 22.4 Å². The van der Waals surface area contributed by atoms with Crippen molar-refractivity contribution in [2.24, 2.45) is 0 Å². The third-order valence-electron chi connectivity index (χ3n) is 4.19. The summed E-state index contributed by atoms with van der Waals surface area (Å²) in [5, 5.41) is 10.2. The zero-order chi connectivity index (χ0) is 20.8. The van der Waals surface area contributed by atoms with Gasteiger partial charge in [-0.1, -0.05) is 35.9 Å². The van der Waals surface area contributed by atoms with Gasteiger partial charge in [-0.05, 0) is 54.3 Å². The molecule has 0 unspecified atom stereocenters. The second-order valence-electron chi connectivity index (χ2n) is 6.57. The molecule has 1 heterocycles. The van der Waals surface area contributed by atoms with Crippen LogP contribution in [0.5, 0.6) is 0 Å². The average molecular weight is 395 g/mol. The van der Waals surface area contributed by atoms with Crippen LogP contribution in [0.25, 0.3) is 0 Å². The van der Waals surface area contributed by atoms with Crippen molar-refractivity contribution in [3.05, 3.63) is 64.8 Å². The molecule has 150 valence electrons. The fourth-order valence-electron chi connectivity index (χ4n) is 2.64. The summed E-state index contributed by atoms with van der Waals surface area (Å²) < 4.78 is 4.66. The standard InChI is InChI=1S/C20H22N6O3/c1-12-7-9-15(10-8-12)22-20(18-19(21)25-29-24-18)26-28-11-16(27)23-17-13(2)5-4-6-14(17)3/h4-10H,11H2,1-3H3,(H2,21,25)(H,22,26)(H,23,27)/p+1. The molecule has 9 nitrogen and oxygen atoms in total. The topological polar surface area (TPSA) is 129 Å². The minimum absolute atomic E-state index is 0.0794. The maximum atomic E-state index is 12.3. The Morgan fingerprint density at radius 1 is 1.10 bits per heavy atom. The Morgan fingerprint density at radius 3 is 2.41 bits per heavy atom. The monoisotopic (exact) mass is 395 g/mol. The number of carbonyl (C=O) groups excluding carboxylic acids is 1. The van der Waals surface area contributed by atoms with Crippen molar-refractivity contribution in [3.8, 4) is 0 Å². The number of hydrogen-bond acceptors (Lipinski definition) is 6. The van der Waals surface area contributed by atoms with Crippen LogP contribution in [0.2, 0.25) is 0 Å². The lowest BCUT2D eigenvalue weighted by Crippen LogP contribution is -2.70. The van der Waals surface area contributed by atoms with Gasteiger partial charge in [0.05, 0.1) is 0 Å². The Morgan fingerprint density at radius 2 is 1.79 bits per heavy atom. The molecular formula is C20H23N6O3+. The van der Waals surface area contributed by atoms with Gasteiger partial charge in [0, 0.05) is 5.69 Å². The number of nitrogens with two attached hydrogens (primary N) is 1. The van der Waals surface area contributed by atoms with Crippen molar-refractivity contribution >= 4 is 28.9 Å². The number of amides is 1. The lowest BCUT2D eigenvalue weighted by Gasteiger charge is -2.10. The molecule has 0 radical (unpaired) electrons. The van der Waals surface area contributed by atoms with E-state index in [0.717, 1.165) is 28.1 Å². The molecule has 1 aromatic heterocycles. The Hall–Kier alpha value is -3.72. The van der Waals surface area contributed by atoms with E-state index >= 15 is 0 Å². The maximum Gasteiger partial charge on any atom is 0.336 e. The van der Waals surface area contributed by atoms with E-state index in [0.29, 0.717) is 5.84 Å². The molecule has 0 aliphatic carbocycles. The largest absolute Gasteiger partial charge is 0.379 e. The number of aryl methyl sites for hydroxylation is 3. The van der Waals surface area contributed by atoms with E-state index in [1.807, 2.05) is 63.2 Å². The molecule has 2 aromatic carbocycles. The first-order chi connectivity index (χ1) is 13.9. The molecule has 29 heavy (non-hydrogen) atoms. The molecule has 0 aliphatic heterocycles. The van der Waals surface area contributed by atoms with Crippen molar-refractivity contribution in [2.75, 3.05) is 17.7 Å². The molecule has 3 aromatic rings. The number of carbonyl (C=O) groups is 1. The first kappa shape index (κ1) is 20.0. The summed E-state index contributed by atoms with van der Waals surface area (Å²) in [6, 6.07) is 13.5. The molecule has 9 heteroatoms. The van der Waals surface area contributed by atoms with Crippen LogP contribution in [0, 0.1) is 20.8 Å². The highest BCUT2D eigenvalue weighted by molar-refractivity contribution is 5.96. The van der Waals surface area contributed by atoms with E-state index in [9.17, 15) is 4.79 Å². The molecule has 0 fully saturated rings. The molecule has 0 atom stereocenters. The summed E-state index contributed by atoms with van der Waals surface area (Å²) in [5.74, 6) is 0.0685. The summed E-state index contributed by atoms with van der Waals surface area (Å²) in [7, 11) is 0. The van der Waals surface area contributed by atoms with Crippen LogP contribution in [0.15, 0.2) is 47.1 Å². The highest BCUT2D eigenvalue weighted by Crippen LogP contribution is 2.19. The molecule has 1 amide bonds. The lowest BCUT2D eigenvalue weighted by atomic mass is 10.1. The Bertz CT molecular complexity index is 1010. The average Bonchev–Trinajstić information content (AvgIpc) is 3.11. The summed E-state index contributed by atoms with van der Waals surface area (Å²) >= 11 is 0. The first-order valence-corrected chi connectivity index (χ1v) is 8.97. The van der Waals surface area contributed by atoms with Gasteiger partial charge < -0.3 is 11.1 Å². The normalized spacial score (nSPS) is 11.3. The number of nitrogen functional groups attached to an aromatic ring is 1. The van der Waals surface area contributed by atoms with Crippen LogP contribution in [-0.2, 0) is 9.63 Å². The van der Waals surface area contributed by atoms with Gasteiger partial charge in [-0.25, -0.2) is 9.62 Å². The van der Waals surface area contributed by atoms with Gasteiger partial charge in [0.1, 0.15) is 5.69 Å². The molecule has 0 spiro atoms. The number of amidine groups is 1. The molecule has 0 aliphatic rings. The van der Waals surface area contributed by atoms with Crippen molar-refractivity contribution in [1.82, 2.24) is 15.8 Å².